The molecular formula is C17H22ClN3O3S. The first-order valence-corrected chi connectivity index (χ1v) is 8.93. The number of nitrogens with zero attached hydrogens (tertiary/aromatic N) is 1. The quantitative estimate of drug-likeness (QED) is 0.782. The summed E-state index contributed by atoms with van der Waals surface area (Å²) in [5.74, 6) is -0.0113. The summed E-state index contributed by atoms with van der Waals surface area (Å²) < 4.78 is 5.26. The molecule has 1 aromatic rings. The highest BCUT2D eigenvalue weighted by Crippen LogP contribution is 2.24. The molecule has 2 N–H and O–H groups in total. The number of carbonyl (C=O) groups is 2. The summed E-state index contributed by atoms with van der Waals surface area (Å²) in [6.45, 7) is 6.11. The zero-order chi connectivity index (χ0) is 18.4. The fourth-order valence-corrected chi connectivity index (χ4v) is 2.79. The van der Waals surface area contributed by atoms with Crippen molar-refractivity contribution in [3.8, 4) is 0 Å². The monoisotopic (exact) mass is 383 g/mol. The van der Waals surface area contributed by atoms with Crippen molar-refractivity contribution in [2.45, 2.75) is 20.3 Å². The van der Waals surface area contributed by atoms with Gasteiger partial charge in [-0.2, -0.15) is 0 Å². The van der Waals surface area contributed by atoms with Gasteiger partial charge >= 0.3 is 0 Å². The molecule has 0 unspecified atom stereocenters. The molecule has 0 atom stereocenters. The van der Waals surface area contributed by atoms with Crippen molar-refractivity contribution in [3.05, 3.63) is 28.8 Å². The zero-order valence-corrected chi connectivity index (χ0v) is 15.9. The topological polar surface area (TPSA) is 70.7 Å². The Morgan fingerprint density at radius 3 is 2.64 bits per heavy atom. The molecule has 8 heteroatoms. The van der Waals surface area contributed by atoms with Crippen LogP contribution in [0.2, 0.25) is 5.02 Å². The van der Waals surface area contributed by atoms with E-state index in [2.05, 4.69) is 10.6 Å². The molecule has 6 nitrogen and oxygen atoms in total. The number of hydrogen-bond acceptors (Lipinski definition) is 4. The molecule has 0 saturated carbocycles. The Labute approximate surface area is 157 Å². The van der Waals surface area contributed by atoms with Crippen molar-refractivity contribution in [3.63, 3.8) is 0 Å². The Hall–Kier alpha value is -1.70. The van der Waals surface area contributed by atoms with Crippen LogP contribution >= 0.6 is 23.8 Å². The van der Waals surface area contributed by atoms with Crippen LogP contribution in [0.3, 0.4) is 0 Å². The molecule has 1 heterocycles. The van der Waals surface area contributed by atoms with Crippen LogP contribution in [0.25, 0.3) is 0 Å². The first-order valence-electron chi connectivity index (χ1n) is 8.14. The highest BCUT2D eigenvalue weighted by atomic mass is 35.5. The van der Waals surface area contributed by atoms with E-state index in [1.807, 2.05) is 13.8 Å². The molecule has 0 bridgehead atoms. The lowest BCUT2D eigenvalue weighted by Gasteiger charge is -2.27. The maximum Gasteiger partial charge on any atom is 0.254 e. The number of anilines is 1. The number of thiocarbonyl (C=S) groups is 1. The van der Waals surface area contributed by atoms with Crippen molar-refractivity contribution in [2.24, 2.45) is 5.92 Å². The van der Waals surface area contributed by atoms with Gasteiger partial charge in [0.25, 0.3) is 5.91 Å². The second-order valence-corrected chi connectivity index (χ2v) is 7.01. The van der Waals surface area contributed by atoms with Crippen molar-refractivity contribution >= 4 is 46.4 Å². The number of ether oxygens (including phenoxy) is 1. The Morgan fingerprint density at radius 1 is 1.32 bits per heavy atom. The van der Waals surface area contributed by atoms with Crippen LogP contribution in [0.15, 0.2) is 18.2 Å². The highest BCUT2D eigenvalue weighted by Gasteiger charge is 2.19. The molecule has 0 aliphatic carbocycles. The molecule has 1 fully saturated rings. The Kier molecular flexibility index (Phi) is 7.16. The lowest BCUT2D eigenvalue weighted by atomic mass is 10.1. The van der Waals surface area contributed by atoms with E-state index in [1.54, 1.807) is 23.1 Å². The van der Waals surface area contributed by atoms with E-state index >= 15 is 0 Å². The van der Waals surface area contributed by atoms with Gasteiger partial charge in [-0.25, -0.2) is 0 Å². The SMILES string of the molecule is CC(C)CC(=O)NC(=S)Nc1cc(C(=O)N2CCOCC2)ccc1Cl. The predicted molar refractivity (Wildman–Crippen MR) is 102 cm³/mol. The molecule has 1 aromatic carbocycles. The van der Waals surface area contributed by atoms with Gasteiger partial charge in [0.05, 0.1) is 23.9 Å². The van der Waals surface area contributed by atoms with E-state index < -0.39 is 0 Å². The smallest absolute Gasteiger partial charge is 0.254 e. The van der Waals surface area contributed by atoms with Crippen molar-refractivity contribution in [2.75, 3.05) is 31.6 Å². The van der Waals surface area contributed by atoms with E-state index in [0.717, 1.165) is 0 Å². The van der Waals surface area contributed by atoms with Crippen molar-refractivity contribution in [1.82, 2.24) is 10.2 Å². The molecule has 1 aliphatic heterocycles. The van der Waals surface area contributed by atoms with Crippen LogP contribution in [0, 0.1) is 5.92 Å². The van der Waals surface area contributed by atoms with E-state index in [0.29, 0.717) is 49.0 Å². The van der Waals surface area contributed by atoms with Gasteiger partial charge in [-0.1, -0.05) is 25.4 Å². The van der Waals surface area contributed by atoms with Crippen molar-refractivity contribution in [1.29, 1.82) is 0 Å². The van der Waals surface area contributed by atoms with Gasteiger partial charge in [0.1, 0.15) is 0 Å². The number of benzene rings is 1. The van der Waals surface area contributed by atoms with Gasteiger partial charge in [-0.15, -0.1) is 0 Å². The largest absolute Gasteiger partial charge is 0.378 e. The Balaban J connectivity index is 2.04. The summed E-state index contributed by atoms with van der Waals surface area (Å²) in [5.41, 5.74) is 0.987. The molecule has 0 spiro atoms. The summed E-state index contributed by atoms with van der Waals surface area (Å²) in [7, 11) is 0. The third-order valence-electron chi connectivity index (χ3n) is 3.61. The summed E-state index contributed by atoms with van der Waals surface area (Å²) >= 11 is 11.3. The van der Waals surface area contributed by atoms with E-state index in [-0.39, 0.29) is 22.8 Å². The molecule has 2 amide bonds. The molecule has 1 aliphatic rings. The zero-order valence-electron chi connectivity index (χ0n) is 14.3. The fraction of sp³-hybridized carbons (Fsp3) is 0.471. The predicted octanol–water partition coefficient (Wildman–Crippen LogP) is 2.67. The van der Waals surface area contributed by atoms with Gasteiger partial charge < -0.3 is 20.3 Å². The Morgan fingerprint density at radius 2 is 2.00 bits per heavy atom. The third-order valence-corrected chi connectivity index (χ3v) is 4.14. The normalized spacial score (nSPS) is 14.3. The van der Waals surface area contributed by atoms with Crippen LogP contribution in [0.4, 0.5) is 5.69 Å². The van der Waals surface area contributed by atoms with E-state index in [4.69, 9.17) is 28.6 Å². The number of morpholine rings is 1. The average molecular weight is 384 g/mol. The highest BCUT2D eigenvalue weighted by molar-refractivity contribution is 7.80. The number of carbonyl (C=O) groups excluding carboxylic acids is 2. The second kappa shape index (κ2) is 9.12. The summed E-state index contributed by atoms with van der Waals surface area (Å²) in [6.07, 6.45) is 0.380. The van der Waals surface area contributed by atoms with Gasteiger partial charge in [-0.3, -0.25) is 9.59 Å². The second-order valence-electron chi connectivity index (χ2n) is 6.20. The average Bonchev–Trinajstić information content (AvgIpc) is 2.56. The minimum atomic E-state index is -0.163. The number of rotatable bonds is 4. The van der Waals surface area contributed by atoms with Crippen LogP contribution in [0.1, 0.15) is 30.6 Å². The van der Waals surface area contributed by atoms with Crippen LogP contribution in [0.5, 0.6) is 0 Å². The number of halogens is 1. The Bertz CT molecular complexity index is 661. The fourth-order valence-electron chi connectivity index (χ4n) is 2.41. The molecule has 0 aromatic heterocycles. The lowest BCUT2D eigenvalue weighted by Crippen LogP contribution is -2.40. The first kappa shape index (κ1) is 19.6. The minimum absolute atomic E-state index is 0.0854. The van der Waals surface area contributed by atoms with Crippen LogP contribution in [-0.2, 0) is 9.53 Å². The van der Waals surface area contributed by atoms with Crippen LogP contribution < -0.4 is 10.6 Å². The maximum absolute atomic E-state index is 12.5. The molecular weight excluding hydrogens is 362 g/mol. The standard InChI is InChI=1S/C17H22ClN3O3S/c1-11(2)9-15(22)20-17(25)19-14-10-12(3-4-13(14)18)16(23)21-5-7-24-8-6-21/h3-4,10-11H,5-9H2,1-2H3,(H2,19,20,22,25). The molecule has 1 saturated heterocycles. The summed E-state index contributed by atoms with van der Waals surface area (Å²) in [4.78, 5) is 26.1. The first-order chi connectivity index (χ1) is 11.9. The lowest BCUT2D eigenvalue weighted by molar-refractivity contribution is -0.120. The third kappa shape index (κ3) is 5.95. The number of nitrogens with one attached hydrogen (secondary N) is 2. The molecule has 25 heavy (non-hydrogen) atoms. The van der Waals surface area contributed by atoms with Gasteiger partial charge in [-0.05, 0) is 36.3 Å². The van der Waals surface area contributed by atoms with E-state index in [9.17, 15) is 9.59 Å². The van der Waals surface area contributed by atoms with Gasteiger partial charge in [0.15, 0.2) is 5.11 Å². The molecule has 2 rings (SSSR count). The number of hydrogen-bond donors (Lipinski definition) is 2. The number of amides is 2. The van der Waals surface area contributed by atoms with Gasteiger partial charge in [0, 0.05) is 25.1 Å². The van der Waals surface area contributed by atoms with E-state index in [1.165, 1.54) is 0 Å². The summed E-state index contributed by atoms with van der Waals surface area (Å²) in [6, 6.07) is 4.95. The maximum atomic E-state index is 12.5. The molecule has 136 valence electrons. The summed E-state index contributed by atoms with van der Waals surface area (Å²) in [5, 5.41) is 6.07. The minimum Gasteiger partial charge on any atom is -0.378 e. The van der Waals surface area contributed by atoms with Gasteiger partial charge in [0.2, 0.25) is 5.91 Å². The van der Waals surface area contributed by atoms with Crippen molar-refractivity contribution < 1.29 is 14.3 Å². The van der Waals surface area contributed by atoms with Crippen LogP contribution in [-0.4, -0.2) is 48.1 Å². The molecule has 0 radical (unpaired) electrons.